The summed E-state index contributed by atoms with van der Waals surface area (Å²) in [6.07, 6.45) is 6.95. The number of rotatable bonds is 5. The van der Waals surface area contributed by atoms with Gasteiger partial charge in [0.2, 0.25) is 5.91 Å². The number of H-pyrrole nitrogens is 1. The van der Waals surface area contributed by atoms with Gasteiger partial charge in [-0.05, 0) is 36.8 Å². The number of carbonyl (C=O) groups is 1. The summed E-state index contributed by atoms with van der Waals surface area (Å²) in [5, 5.41) is 1.10. The summed E-state index contributed by atoms with van der Waals surface area (Å²) in [5.41, 5.74) is 3.01. The molecular formula is C22H23N3O3. The predicted molar refractivity (Wildman–Crippen MR) is 108 cm³/mol. The van der Waals surface area contributed by atoms with Crippen LogP contribution in [0.2, 0.25) is 0 Å². The van der Waals surface area contributed by atoms with Gasteiger partial charge in [0.25, 0.3) is 0 Å². The second-order valence-electron chi connectivity index (χ2n) is 6.85. The Morgan fingerprint density at radius 3 is 3.11 bits per heavy atom. The van der Waals surface area contributed by atoms with Crippen molar-refractivity contribution in [3.05, 3.63) is 66.1 Å². The van der Waals surface area contributed by atoms with Crippen LogP contribution >= 0.6 is 0 Å². The number of carbonyl (C=O) groups excluding carboxylic acids is 1. The maximum absolute atomic E-state index is 12.6. The van der Waals surface area contributed by atoms with Crippen LogP contribution in [0.15, 0.2) is 54.9 Å². The average molecular weight is 377 g/mol. The van der Waals surface area contributed by atoms with Crippen LogP contribution in [0.25, 0.3) is 17.0 Å². The second-order valence-corrected chi connectivity index (χ2v) is 6.85. The lowest BCUT2D eigenvalue weighted by atomic mass is 10.1. The van der Waals surface area contributed by atoms with Crippen molar-refractivity contribution in [2.75, 3.05) is 26.3 Å². The molecule has 0 bridgehead atoms. The first kappa shape index (κ1) is 18.3. The zero-order valence-corrected chi connectivity index (χ0v) is 15.8. The third-order valence-electron chi connectivity index (χ3n) is 4.80. The number of para-hydroxylation sites is 1. The summed E-state index contributed by atoms with van der Waals surface area (Å²) in [6, 6.07) is 11.8. The van der Waals surface area contributed by atoms with Crippen LogP contribution in [0, 0.1) is 6.92 Å². The molecule has 1 N–H and O–H groups in total. The number of hydrogen-bond donors (Lipinski definition) is 1. The highest BCUT2D eigenvalue weighted by Crippen LogP contribution is 2.19. The fourth-order valence-electron chi connectivity index (χ4n) is 3.25. The van der Waals surface area contributed by atoms with Gasteiger partial charge in [-0.1, -0.05) is 18.2 Å². The molecule has 1 saturated heterocycles. The fourth-order valence-corrected chi connectivity index (χ4v) is 3.25. The van der Waals surface area contributed by atoms with Crippen molar-refractivity contribution in [2.45, 2.75) is 13.0 Å². The molecule has 28 heavy (non-hydrogen) atoms. The molecule has 1 aromatic carbocycles. The number of nitrogens with one attached hydrogen (secondary N) is 1. The number of benzene rings is 1. The Bertz CT molecular complexity index is 978. The SMILES string of the molecule is Cc1ccc(OCC2CN(C(=O)C=Cc3c[nH]c4ccccc34)CCO2)cn1. The van der Waals surface area contributed by atoms with E-state index < -0.39 is 0 Å². The van der Waals surface area contributed by atoms with Crippen molar-refractivity contribution in [1.82, 2.24) is 14.9 Å². The van der Waals surface area contributed by atoms with Crippen LogP contribution in [0.1, 0.15) is 11.3 Å². The van der Waals surface area contributed by atoms with E-state index in [9.17, 15) is 4.79 Å². The molecule has 1 unspecified atom stereocenters. The van der Waals surface area contributed by atoms with E-state index in [1.165, 1.54) is 0 Å². The van der Waals surface area contributed by atoms with Crippen LogP contribution in [-0.2, 0) is 9.53 Å². The van der Waals surface area contributed by atoms with Crippen molar-refractivity contribution < 1.29 is 14.3 Å². The zero-order valence-electron chi connectivity index (χ0n) is 15.8. The van der Waals surface area contributed by atoms with E-state index in [0.717, 1.165) is 22.2 Å². The molecule has 144 valence electrons. The van der Waals surface area contributed by atoms with Crippen molar-refractivity contribution in [2.24, 2.45) is 0 Å². The lowest BCUT2D eigenvalue weighted by Crippen LogP contribution is -2.47. The van der Waals surface area contributed by atoms with Crippen LogP contribution in [0.5, 0.6) is 5.75 Å². The smallest absolute Gasteiger partial charge is 0.246 e. The van der Waals surface area contributed by atoms with Crippen LogP contribution in [0.4, 0.5) is 0 Å². The number of amides is 1. The van der Waals surface area contributed by atoms with E-state index in [1.54, 1.807) is 17.2 Å². The Hall–Kier alpha value is -3.12. The maximum atomic E-state index is 12.6. The van der Waals surface area contributed by atoms with E-state index >= 15 is 0 Å². The van der Waals surface area contributed by atoms with E-state index in [4.69, 9.17) is 9.47 Å². The molecule has 6 heteroatoms. The lowest BCUT2D eigenvalue weighted by Gasteiger charge is -2.32. The topological polar surface area (TPSA) is 67.5 Å². The molecule has 0 spiro atoms. The van der Waals surface area contributed by atoms with E-state index in [0.29, 0.717) is 32.1 Å². The van der Waals surface area contributed by atoms with Crippen LogP contribution < -0.4 is 4.74 Å². The number of aryl methyl sites for hydroxylation is 1. The second kappa shape index (κ2) is 8.27. The van der Waals surface area contributed by atoms with Crippen molar-refractivity contribution in [3.8, 4) is 5.75 Å². The van der Waals surface area contributed by atoms with Gasteiger partial charge >= 0.3 is 0 Å². The highest BCUT2D eigenvalue weighted by Gasteiger charge is 2.23. The van der Waals surface area contributed by atoms with Gasteiger partial charge in [-0.15, -0.1) is 0 Å². The quantitative estimate of drug-likeness (QED) is 0.694. The summed E-state index contributed by atoms with van der Waals surface area (Å²) >= 11 is 0. The normalized spacial score (nSPS) is 17.3. The third-order valence-corrected chi connectivity index (χ3v) is 4.80. The number of aromatic amines is 1. The van der Waals surface area contributed by atoms with Crippen molar-refractivity contribution >= 4 is 22.9 Å². The summed E-state index contributed by atoms with van der Waals surface area (Å²) < 4.78 is 11.5. The van der Waals surface area contributed by atoms with Gasteiger partial charge in [-0.25, -0.2) is 0 Å². The summed E-state index contributed by atoms with van der Waals surface area (Å²) in [4.78, 5) is 21.8. The summed E-state index contributed by atoms with van der Waals surface area (Å²) in [6.45, 7) is 3.92. The first-order valence-corrected chi connectivity index (χ1v) is 9.39. The fraction of sp³-hybridized carbons (Fsp3) is 0.273. The molecule has 1 aliphatic heterocycles. The Morgan fingerprint density at radius 2 is 2.25 bits per heavy atom. The molecule has 1 fully saturated rings. The first-order valence-electron chi connectivity index (χ1n) is 9.39. The minimum atomic E-state index is -0.152. The Kier molecular flexibility index (Phi) is 5.39. The molecule has 3 aromatic rings. The predicted octanol–water partition coefficient (Wildman–Crippen LogP) is 3.19. The summed E-state index contributed by atoms with van der Waals surface area (Å²) in [7, 11) is 0. The number of ether oxygens (including phenoxy) is 2. The molecule has 0 saturated carbocycles. The van der Waals surface area contributed by atoms with Crippen LogP contribution in [0.3, 0.4) is 0 Å². The van der Waals surface area contributed by atoms with Gasteiger partial charge in [0, 0.05) is 35.4 Å². The molecule has 1 amide bonds. The highest BCUT2D eigenvalue weighted by molar-refractivity contribution is 5.96. The monoisotopic (exact) mass is 377 g/mol. The number of hydrogen-bond acceptors (Lipinski definition) is 4. The molecule has 3 heterocycles. The molecule has 6 nitrogen and oxygen atoms in total. The van der Waals surface area contributed by atoms with E-state index in [2.05, 4.69) is 9.97 Å². The third kappa shape index (κ3) is 4.23. The maximum Gasteiger partial charge on any atom is 0.246 e. The minimum absolute atomic E-state index is 0.0180. The lowest BCUT2D eigenvalue weighted by molar-refractivity contribution is -0.134. The van der Waals surface area contributed by atoms with Gasteiger partial charge < -0.3 is 19.4 Å². The molecular weight excluding hydrogens is 354 g/mol. The van der Waals surface area contributed by atoms with Gasteiger partial charge in [0.05, 0.1) is 19.3 Å². The van der Waals surface area contributed by atoms with Crippen molar-refractivity contribution in [3.63, 3.8) is 0 Å². The van der Waals surface area contributed by atoms with Crippen molar-refractivity contribution in [1.29, 1.82) is 0 Å². The standard InChI is InChI=1S/C22H23N3O3/c1-16-6-8-18(13-23-16)28-15-19-14-25(10-11-27-19)22(26)9-7-17-12-24-21-5-3-2-4-20(17)21/h2-9,12-13,19,24H,10-11,14-15H2,1H3. The van der Waals surface area contributed by atoms with Gasteiger partial charge in [0.15, 0.2) is 0 Å². The Balaban J connectivity index is 1.34. The van der Waals surface area contributed by atoms with Gasteiger partial charge in [0.1, 0.15) is 18.5 Å². The number of morpholine rings is 1. The molecule has 0 aliphatic carbocycles. The highest BCUT2D eigenvalue weighted by atomic mass is 16.5. The van der Waals surface area contributed by atoms with E-state index in [1.807, 2.05) is 55.6 Å². The number of fused-ring (bicyclic) bond motifs is 1. The molecule has 2 aromatic heterocycles. The number of nitrogens with zero attached hydrogens (tertiary/aromatic N) is 2. The molecule has 1 atom stereocenters. The average Bonchev–Trinajstić information content (AvgIpc) is 3.15. The minimum Gasteiger partial charge on any atom is -0.489 e. The van der Waals surface area contributed by atoms with Gasteiger partial charge in [-0.3, -0.25) is 9.78 Å². The van der Waals surface area contributed by atoms with Crippen LogP contribution in [-0.4, -0.2) is 53.2 Å². The molecule has 1 aliphatic rings. The van der Waals surface area contributed by atoms with E-state index in [-0.39, 0.29) is 12.0 Å². The first-order chi connectivity index (χ1) is 13.7. The molecule has 4 rings (SSSR count). The largest absolute Gasteiger partial charge is 0.489 e. The van der Waals surface area contributed by atoms with Gasteiger partial charge in [-0.2, -0.15) is 0 Å². The summed E-state index contributed by atoms with van der Waals surface area (Å²) in [5.74, 6) is 0.687. The Morgan fingerprint density at radius 1 is 1.36 bits per heavy atom. The zero-order chi connectivity index (χ0) is 19.3. The molecule has 0 radical (unpaired) electrons. The number of pyridine rings is 1. The number of aromatic nitrogens is 2. The Labute approximate surface area is 163 Å².